The SMILES string of the molecule is CCOP(=O)(CS(=O)(=O)c1ccc(OCC(=O)O)cc1)OCC. The molecule has 0 saturated heterocycles. The molecule has 0 aliphatic heterocycles. The lowest BCUT2D eigenvalue weighted by atomic mass is 10.3. The van der Waals surface area contributed by atoms with E-state index in [2.05, 4.69) is 0 Å². The third-order valence-corrected chi connectivity index (χ3v) is 7.44. The van der Waals surface area contributed by atoms with Gasteiger partial charge in [-0.25, -0.2) is 13.2 Å². The smallest absolute Gasteiger partial charge is 0.346 e. The second-order valence-electron chi connectivity index (χ2n) is 4.34. The van der Waals surface area contributed by atoms with E-state index in [1.807, 2.05) is 0 Å². The van der Waals surface area contributed by atoms with Crippen molar-refractivity contribution in [3.05, 3.63) is 24.3 Å². The van der Waals surface area contributed by atoms with Crippen LogP contribution in [-0.4, -0.2) is 44.8 Å². The topological polar surface area (TPSA) is 116 Å². The molecule has 8 nitrogen and oxygen atoms in total. The minimum Gasteiger partial charge on any atom is -0.482 e. The average Bonchev–Trinajstić information content (AvgIpc) is 2.45. The first-order chi connectivity index (χ1) is 10.7. The lowest BCUT2D eigenvalue weighted by Gasteiger charge is -2.17. The van der Waals surface area contributed by atoms with Crippen molar-refractivity contribution in [3.8, 4) is 5.75 Å². The predicted molar refractivity (Wildman–Crippen MR) is 82.5 cm³/mol. The van der Waals surface area contributed by atoms with Crippen molar-refractivity contribution in [3.63, 3.8) is 0 Å². The summed E-state index contributed by atoms with van der Waals surface area (Å²) in [6, 6.07) is 5.13. The molecule has 1 rings (SSSR count). The maximum atomic E-state index is 12.3. The summed E-state index contributed by atoms with van der Waals surface area (Å²) in [7, 11) is -7.64. The first kappa shape index (κ1) is 19.6. The number of carboxylic acid groups (broad SMARTS) is 1. The fourth-order valence-corrected chi connectivity index (χ4v) is 5.95. The van der Waals surface area contributed by atoms with Crippen molar-refractivity contribution in [2.75, 3.05) is 25.3 Å². The summed E-state index contributed by atoms with van der Waals surface area (Å²) in [5.74, 6) is -0.930. The van der Waals surface area contributed by atoms with E-state index in [0.717, 1.165) is 0 Å². The number of hydrogen-bond acceptors (Lipinski definition) is 7. The summed E-state index contributed by atoms with van der Waals surface area (Å²) in [6.07, 6.45) is 0. The molecular formula is C13H19O8PS. The molecule has 23 heavy (non-hydrogen) atoms. The summed E-state index contributed by atoms with van der Waals surface area (Å²) in [6.45, 7) is 2.78. The van der Waals surface area contributed by atoms with E-state index in [1.165, 1.54) is 24.3 Å². The summed E-state index contributed by atoms with van der Waals surface area (Å²) in [4.78, 5) is 10.3. The van der Waals surface area contributed by atoms with Crippen LogP contribution in [0.5, 0.6) is 5.75 Å². The van der Waals surface area contributed by atoms with Crippen molar-refractivity contribution in [1.82, 2.24) is 0 Å². The van der Waals surface area contributed by atoms with Crippen LogP contribution in [0.25, 0.3) is 0 Å². The molecule has 0 fully saturated rings. The minimum atomic E-state index is -3.90. The zero-order valence-corrected chi connectivity index (χ0v) is 14.5. The number of carbonyl (C=O) groups is 1. The maximum Gasteiger partial charge on any atom is 0.346 e. The van der Waals surface area contributed by atoms with E-state index >= 15 is 0 Å². The second kappa shape index (κ2) is 8.44. The van der Waals surface area contributed by atoms with Crippen LogP contribution in [0.3, 0.4) is 0 Å². The van der Waals surface area contributed by atoms with Crippen molar-refractivity contribution >= 4 is 23.4 Å². The molecule has 0 atom stereocenters. The van der Waals surface area contributed by atoms with Gasteiger partial charge >= 0.3 is 13.6 Å². The van der Waals surface area contributed by atoms with Crippen molar-refractivity contribution in [2.45, 2.75) is 18.7 Å². The zero-order valence-electron chi connectivity index (χ0n) is 12.8. The van der Waals surface area contributed by atoms with Crippen molar-refractivity contribution in [2.24, 2.45) is 0 Å². The Hall–Kier alpha value is -1.41. The van der Waals surface area contributed by atoms with E-state index in [4.69, 9.17) is 18.9 Å². The van der Waals surface area contributed by atoms with Gasteiger partial charge < -0.3 is 18.9 Å². The number of ether oxygens (including phenoxy) is 1. The molecular weight excluding hydrogens is 347 g/mol. The highest BCUT2D eigenvalue weighted by molar-refractivity contribution is 7.97. The van der Waals surface area contributed by atoms with Crippen molar-refractivity contribution in [1.29, 1.82) is 0 Å². The molecule has 0 aliphatic rings. The molecule has 0 amide bonds. The van der Waals surface area contributed by atoms with Crippen LogP contribution in [0.15, 0.2) is 29.2 Å². The summed E-state index contributed by atoms with van der Waals surface area (Å²) in [5, 5.41) is 8.51. The lowest BCUT2D eigenvalue weighted by molar-refractivity contribution is -0.139. The molecule has 10 heteroatoms. The van der Waals surface area contributed by atoms with Crippen LogP contribution < -0.4 is 4.74 Å². The molecule has 0 aromatic heterocycles. The molecule has 0 saturated carbocycles. The Morgan fingerprint density at radius 1 is 1.13 bits per heavy atom. The van der Waals surface area contributed by atoms with E-state index in [0.29, 0.717) is 0 Å². The number of hydrogen-bond donors (Lipinski definition) is 1. The Balaban J connectivity index is 2.91. The van der Waals surface area contributed by atoms with Gasteiger partial charge in [-0.3, -0.25) is 4.57 Å². The van der Waals surface area contributed by atoms with Crippen molar-refractivity contribution < 1.29 is 36.7 Å². The average molecular weight is 366 g/mol. The second-order valence-corrected chi connectivity index (χ2v) is 8.82. The molecule has 0 bridgehead atoms. The number of rotatable bonds is 10. The Labute approximate surface area is 134 Å². The monoisotopic (exact) mass is 366 g/mol. The van der Waals surface area contributed by atoms with Gasteiger partial charge in [-0.15, -0.1) is 0 Å². The fraction of sp³-hybridized carbons (Fsp3) is 0.462. The van der Waals surface area contributed by atoms with Gasteiger partial charge in [0.15, 0.2) is 21.9 Å². The van der Waals surface area contributed by atoms with E-state index in [-0.39, 0.29) is 23.9 Å². The van der Waals surface area contributed by atoms with Gasteiger partial charge in [-0.05, 0) is 38.1 Å². The Bertz CT molecular complexity index is 658. The quantitative estimate of drug-likeness (QED) is 0.626. The fourth-order valence-electron chi connectivity index (χ4n) is 1.68. The van der Waals surface area contributed by atoms with Crippen LogP contribution in [0.1, 0.15) is 13.8 Å². The molecule has 0 aliphatic carbocycles. The van der Waals surface area contributed by atoms with E-state index in [9.17, 15) is 17.8 Å². The molecule has 1 N–H and O–H groups in total. The molecule has 1 aromatic carbocycles. The first-order valence-electron chi connectivity index (χ1n) is 6.78. The van der Waals surface area contributed by atoms with Gasteiger partial charge in [-0.1, -0.05) is 0 Å². The van der Waals surface area contributed by atoms with E-state index < -0.39 is 35.5 Å². The highest BCUT2D eigenvalue weighted by Gasteiger charge is 2.32. The van der Waals surface area contributed by atoms with Gasteiger partial charge in [0.2, 0.25) is 0 Å². The Kier molecular flexibility index (Phi) is 7.21. The molecule has 0 spiro atoms. The highest BCUT2D eigenvalue weighted by atomic mass is 32.2. The maximum absolute atomic E-state index is 12.3. The number of sulfone groups is 1. The molecule has 0 heterocycles. The van der Waals surface area contributed by atoms with Gasteiger partial charge in [0.05, 0.1) is 18.1 Å². The number of aliphatic carboxylic acids is 1. The molecule has 1 aromatic rings. The highest BCUT2D eigenvalue weighted by Crippen LogP contribution is 2.50. The lowest BCUT2D eigenvalue weighted by Crippen LogP contribution is -2.12. The predicted octanol–water partition coefficient (Wildman–Crippen LogP) is 2.15. The first-order valence-corrected chi connectivity index (χ1v) is 10.2. The number of benzene rings is 1. The standard InChI is InChI=1S/C13H19O8PS/c1-3-20-22(16,21-4-2)10-23(17,18)12-7-5-11(6-8-12)19-9-13(14)15/h5-8H,3-4,9-10H2,1-2H3,(H,14,15). The van der Waals surface area contributed by atoms with Gasteiger partial charge in [0, 0.05) is 0 Å². The molecule has 0 unspecified atom stereocenters. The number of carboxylic acids is 1. The largest absolute Gasteiger partial charge is 0.482 e. The van der Waals surface area contributed by atoms with Crippen LogP contribution in [0.2, 0.25) is 0 Å². The van der Waals surface area contributed by atoms with Gasteiger partial charge in [-0.2, -0.15) is 0 Å². The van der Waals surface area contributed by atoms with Crippen LogP contribution in [-0.2, 0) is 28.2 Å². The van der Waals surface area contributed by atoms with Gasteiger partial charge in [0.25, 0.3) is 0 Å². The normalized spacial score (nSPS) is 12.1. The zero-order chi connectivity index (χ0) is 17.5. The summed E-state index contributed by atoms with van der Waals surface area (Å²) < 4.78 is 51.8. The van der Waals surface area contributed by atoms with Crippen LogP contribution in [0, 0.1) is 0 Å². The van der Waals surface area contributed by atoms with Crippen LogP contribution in [0.4, 0.5) is 0 Å². The summed E-state index contributed by atoms with van der Waals surface area (Å²) >= 11 is 0. The Morgan fingerprint density at radius 2 is 1.65 bits per heavy atom. The van der Waals surface area contributed by atoms with Gasteiger partial charge in [0.1, 0.15) is 5.75 Å². The summed E-state index contributed by atoms with van der Waals surface area (Å²) in [5.41, 5.74) is -0.767. The minimum absolute atomic E-state index is 0.0642. The molecule has 0 radical (unpaired) electrons. The van der Waals surface area contributed by atoms with E-state index in [1.54, 1.807) is 13.8 Å². The third-order valence-electron chi connectivity index (χ3n) is 2.52. The Morgan fingerprint density at radius 3 is 2.09 bits per heavy atom. The van der Waals surface area contributed by atoms with Crippen LogP contribution >= 0.6 is 7.60 Å². The molecule has 130 valence electrons. The third kappa shape index (κ3) is 6.31.